The number of ether oxygens (including phenoxy) is 1. The van der Waals surface area contributed by atoms with Gasteiger partial charge in [-0.1, -0.05) is 29.8 Å². The first kappa shape index (κ1) is 21.1. The molecule has 0 aliphatic heterocycles. The van der Waals surface area contributed by atoms with E-state index >= 15 is 0 Å². The molecule has 6 nitrogen and oxygen atoms in total. The van der Waals surface area contributed by atoms with Crippen molar-refractivity contribution in [2.45, 2.75) is 20.3 Å². The van der Waals surface area contributed by atoms with Crippen molar-refractivity contribution < 1.29 is 9.53 Å². The Labute approximate surface area is 189 Å². The number of halogens is 1. The van der Waals surface area contributed by atoms with E-state index in [0.717, 1.165) is 33.3 Å². The Morgan fingerprint density at radius 1 is 1.19 bits per heavy atom. The predicted octanol–water partition coefficient (Wildman–Crippen LogP) is 5.46. The van der Waals surface area contributed by atoms with Crippen molar-refractivity contribution in [1.29, 1.82) is 0 Å². The van der Waals surface area contributed by atoms with Crippen LogP contribution in [0.4, 0.5) is 5.69 Å². The van der Waals surface area contributed by atoms with E-state index in [1.54, 1.807) is 17.9 Å². The van der Waals surface area contributed by atoms with Gasteiger partial charge in [0.2, 0.25) is 11.0 Å². The van der Waals surface area contributed by atoms with E-state index in [-0.39, 0.29) is 12.3 Å². The quantitative estimate of drug-likeness (QED) is 0.422. The summed E-state index contributed by atoms with van der Waals surface area (Å²) in [6, 6.07) is 14.9. The number of thiazole rings is 1. The zero-order valence-corrected chi connectivity index (χ0v) is 18.9. The highest BCUT2D eigenvalue weighted by Crippen LogP contribution is 2.27. The van der Waals surface area contributed by atoms with Crippen LogP contribution in [0.25, 0.3) is 16.4 Å². The van der Waals surface area contributed by atoms with Gasteiger partial charge in [0.25, 0.3) is 0 Å². The second kappa shape index (κ2) is 8.91. The van der Waals surface area contributed by atoms with Crippen LogP contribution in [0.15, 0.2) is 53.9 Å². The fourth-order valence-electron chi connectivity index (χ4n) is 3.30. The molecule has 0 unspecified atom stereocenters. The van der Waals surface area contributed by atoms with E-state index in [0.29, 0.717) is 16.5 Å². The summed E-state index contributed by atoms with van der Waals surface area (Å²) in [4.78, 5) is 17.4. The number of rotatable bonds is 6. The zero-order chi connectivity index (χ0) is 22.0. The molecular formula is C23H21ClN4O2S. The summed E-state index contributed by atoms with van der Waals surface area (Å²) in [7, 11) is 1.60. The van der Waals surface area contributed by atoms with Crippen molar-refractivity contribution in [1.82, 2.24) is 14.8 Å². The highest BCUT2D eigenvalue weighted by molar-refractivity contribution is 7.12. The highest BCUT2D eigenvalue weighted by atomic mass is 35.5. The molecule has 2 aromatic heterocycles. The summed E-state index contributed by atoms with van der Waals surface area (Å²) in [6.07, 6.45) is 0.226. The number of hydrogen-bond donors (Lipinski definition) is 1. The zero-order valence-electron chi connectivity index (χ0n) is 17.3. The Balaban J connectivity index is 1.53. The van der Waals surface area contributed by atoms with Crippen molar-refractivity contribution in [3.8, 4) is 22.1 Å². The van der Waals surface area contributed by atoms with Crippen LogP contribution in [0.2, 0.25) is 5.02 Å². The molecule has 0 aliphatic rings. The van der Waals surface area contributed by atoms with Crippen molar-refractivity contribution in [2.75, 3.05) is 12.4 Å². The number of carbonyl (C=O) groups is 1. The molecule has 0 spiro atoms. The van der Waals surface area contributed by atoms with Crippen LogP contribution in [0, 0.1) is 13.8 Å². The minimum atomic E-state index is -0.111. The Morgan fingerprint density at radius 3 is 2.71 bits per heavy atom. The Morgan fingerprint density at radius 2 is 1.97 bits per heavy atom. The molecule has 0 fully saturated rings. The van der Waals surface area contributed by atoms with Gasteiger partial charge in [-0.25, -0.2) is 9.67 Å². The number of benzene rings is 2. The molecule has 0 saturated carbocycles. The number of nitrogens with zero attached hydrogens (tertiary/aromatic N) is 3. The molecule has 8 heteroatoms. The average molecular weight is 453 g/mol. The number of anilines is 1. The maximum absolute atomic E-state index is 12.6. The number of amides is 1. The number of aromatic nitrogens is 3. The van der Waals surface area contributed by atoms with Crippen molar-refractivity contribution in [3.05, 3.63) is 75.9 Å². The van der Waals surface area contributed by atoms with Crippen LogP contribution in [-0.4, -0.2) is 27.8 Å². The lowest BCUT2D eigenvalue weighted by atomic mass is 10.1. The minimum Gasteiger partial charge on any atom is -0.497 e. The fourth-order valence-corrected chi connectivity index (χ4v) is 4.26. The third-order valence-corrected chi connectivity index (χ3v) is 6.01. The fraction of sp³-hybridized carbons (Fsp3) is 0.174. The topological polar surface area (TPSA) is 69.0 Å². The molecule has 0 bridgehead atoms. The van der Waals surface area contributed by atoms with Gasteiger partial charge in [-0.15, -0.1) is 11.3 Å². The first-order valence-corrected chi connectivity index (χ1v) is 10.9. The summed E-state index contributed by atoms with van der Waals surface area (Å²) in [5.41, 5.74) is 5.15. The van der Waals surface area contributed by atoms with Crippen LogP contribution in [0.5, 0.6) is 5.75 Å². The average Bonchev–Trinajstić information content (AvgIpc) is 3.35. The van der Waals surface area contributed by atoms with Crippen molar-refractivity contribution >= 4 is 34.5 Å². The molecular weight excluding hydrogens is 432 g/mol. The van der Waals surface area contributed by atoms with Gasteiger partial charge < -0.3 is 10.1 Å². The van der Waals surface area contributed by atoms with E-state index in [9.17, 15) is 4.79 Å². The summed E-state index contributed by atoms with van der Waals surface area (Å²) in [5, 5.41) is 11.0. The molecule has 31 heavy (non-hydrogen) atoms. The first-order valence-electron chi connectivity index (χ1n) is 9.65. The molecule has 0 saturated heterocycles. The second-order valence-corrected chi connectivity index (χ2v) is 8.31. The number of methoxy groups -OCH3 is 1. The molecule has 0 aliphatic carbocycles. The van der Waals surface area contributed by atoms with Crippen molar-refractivity contribution in [3.63, 3.8) is 0 Å². The maximum Gasteiger partial charge on any atom is 0.228 e. The van der Waals surface area contributed by atoms with Gasteiger partial charge in [0.15, 0.2) is 0 Å². The van der Waals surface area contributed by atoms with Gasteiger partial charge in [0.05, 0.1) is 24.9 Å². The molecule has 2 aromatic carbocycles. The van der Waals surface area contributed by atoms with Gasteiger partial charge in [-0.3, -0.25) is 4.79 Å². The van der Waals surface area contributed by atoms with E-state index < -0.39 is 0 Å². The standard InChI is InChI=1S/C23H21ClN4O2S/c1-14-20(12-22(29)25-18-5-4-6-19(11-18)30-3)15(2)28(27-14)23-26-21(13-31-23)16-7-9-17(24)10-8-16/h4-11,13H,12H2,1-3H3,(H,25,29). The van der Waals surface area contributed by atoms with Gasteiger partial charge in [-0.05, 0) is 38.1 Å². The molecule has 1 amide bonds. The molecule has 158 valence electrons. The lowest BCUT2D eigenvalue weighted by molar-refractivity contribution is -0.115. The number of hydrogen-bond acceptors (Lipinski definition) is 5. The Bertz CT molecular complexity index is 1230. The van der Waals surface area contributed by atoms with Crippen LogP contribution in [0.1, 0.15) is 17.0 Å². The Kier molecular flexibility index (Phi) is 6.06. The minimum absolute atomic E-state index is 0.111. The van der Waals surface area contributed by atoms with Crippen LogP contribution < -0.4 is 10.1 Å². The molecule has 2 heterocycles. The SMILES string of the molecule is COc1cccc(NC(=O)Cc2c(C)nn(-c3nc(-c4ccc(Cl)cc4)cs3)c2C)c1. The van der Waals surface area contributed by atoms with Crippen LogP contribution >= 0.6 is 22.9 Å². The van der Waals surface area contributed by atoms with Crippen molar-refractivity contribution in [2.24, 2.45) is 0 Å². The van der Waals surface area contributed by atoms with E-state index in [1.807, 2.05) is 61.7 Å². The van der Waals surface area contributed by atoms with Gasteiger partial charge in [0.1, 0.15) is 5.75 Å². The maximum atomic E-state index is 12.6. The largest absolute Gasteiger partial charge is 0.497 e. The molecule has 1 N–H and O–H groups in total. The number of nitrogens with one attached hydrogen (secondary N) is 1. The van der Waals surface area contributed by atoms with E-state index in [1.165, 1.54) is 11.3 Å². The molecule has 4 rings (SSSR count). The summed E-state index contributed by atoms with van der Waals surface area (Å²) in [6.45, 7) is 3.86. The number of carbonyl (C=O) groups excluding carboxylic acids is 1. The second-order valence-electron chi connectivity index (χ2n) is 7.04. The van der Waals surface area contributed by atoms with E-state index in [2.05, 4.69) is 10.4 Å². The molecule has 4 aromatic rings. The van der Waals surface area contributed by atoms with Gasteiger partial charge >= 0.3 is 0 Å². The number of aryl methyl sites for hydroxylation is 1. The van der Waals surface area contributed by atoms with Gasteiger partial charge in [-0.2, -0.15) is 5.10 Å². The highest BCUT2D eigenvalue weighted by Gasteiger charge is 2.18. The van der Waals surface area contributed by atoms with Crippen LogP contribution in [-0.2, 0) is 11.2 Å². The third-order valence-electron chi connectivity index (χ3n) is 4.95. The summed E-state index contributed by atoms with van der Waals surface area (Å²) < 4.78 is 7.01. The summed E-state index contributed by atoms with van der Waals surface area (Å²) >= 11 is 7.48. The first-order chi connectivity index (χ1) is 14.9. The lowest BCUT2D eigenvalue weighted by Crippen LogP contribution is -2.15. The summed E-state index contributed by atoms with van der Waals surface area (Å²) in [5.74, 6) is 0.582. The monoisotopic (exact) mass is 452 g/mol. The third kappa shape index (κ3) is 4.62. The lowest BCUT2D eigenvalue weighted by Gasteiger charge is -2.07. The van der Waals surface area contributed by atoms with Gasteiger partial charge in [0, 0.05) is 39.0 Å². The van der Waals surface area contributed by atoms with E-state index in [4.69, 9.17) is 21.3 Å². The Hall–Kier alpha value is -3.16. The normalized spacial score (nSPS) is 10.8. The molecule has 0 atom stereocenters. The molecule has 0 radical (unpaired) electrons. The van der Waals surface area contributed by atoms with Crippen LogP contribution in [0.3, 0.4) is 0 Å². The predicted molar refractivity (Wildman–Crippen MR) is 124 cm³/mol. The smallest absolute Gasteiger partial charge is 0.228 e.